The van der Waals surface area contributed by atoms with Crippen molar-refractivity contribution in [1.29, 1.82) is 0 Å². The Morgan fingerprint density at radius 2 is 1.65 bits per heavy atom. The SMILES string of the molecule is Cc1nc(C(F)(F)F)cn1-c1ccc(-c2cccc(S(C)(=O)=O)c2)cc1. The van der Waals surface area contributed by atoms with Gasteiger partial charge in [0, 0.05) is 18.1 Å². The lowest BCUT2D eigenvalue weighted by atomic mass is 10.1. The largest absolute Gasteiger partial charge is 0.434 e. The molecule has 0 atom stereocenters. The van der Waals surface area contributed by atoms with Gasteiger partial charge in [0.1, 0.15) is 5.82 Å². The van der Waals surface area contributed by atoms with Gasteiger partial charge in [-0.05, 0) is 42.3 Å². The van der Waals surface area contributed by atoms with Gasteiger partial charge < -0.3 is 4.57 Å². The minimum absolute atomic E-state index is 0.208. The summed E-state index contributed by atoms with van der Waals surface area (Å²) >= 11 is 0. The predicted octanol–water partition coefficient (Wildman–Crippen LogP) is 4.27. The van der Waals surface area contributed by atoms with Crippen LogP contribution < -0.4 is 0 Å². The average Bonchev–Trinajstić information content (AvgIpc) is 2.96. The van der Waals surface area contributed by atoms with Crippen molar-refractivity contribution in [1.82, 2.24) is 9.55 Å². The van der Waals surface area contributed by atoms with Crippen LogP contribution >= 0.6 is 0 Å². The van der Waals surface area contributed by atoms with Gasteiger partial charge in [-0.15, -0.1) is 0 Å². The zero-order valence-electron chi connectivity index (χ0n) is 13.9. The van der Waals surface area contributed by atoms with Crippen LogP contribution in [0.5, 0.6) is 0 Å². The third-order valence-electron chi connectivity index (χ3n) is 3.91. The maximum atomic E-state index is 12.8. The van der Waals surface area contributed by atoms with E-state index in [2.05, 4.69) is 4.98 Å². The maximum absolute atomic E-state index is 12.8. The summed E-state index contributed by atoms with van der Waals surface area (Å²) in [6.07, 6.45) is -2.41. The third-order valence-corrected chi connectivity index (χ3v) is 5.02. The zero-order chi connectivity index (χ0) is 19.1. The second kappa shape index (κ2) is 6.28. The van der Waals surface area contributed by atoms with Crippen molar-refractivity contribution in [2.45, 2.75) is 18.0 Å². The fourth-order valence-corrected chi connectivity index (χ4v) is 3.26. The first-order valence-corrected chi connectivity index (χ1v) is 9.49. The van der Waals surface area contributed by atoms with E-state index < -0.39 is 21.7 Å². The van der Waals surface area contributed by atoms with Crippen LogP contribution in [0.2, 0.25) is 0 Å². The number of aromatic nitrogens is 2. The molecule has 3 rings (SSSR count). The molecule has 8 heteroatoms. The first-order chi connectivity index (χ1) is 12.1. The molecule has 0 aliphatic heterocycles. The molecule has 26 heavy (non-hydrogen) atoms. The smallest absolute Gasteiger partial charge is 0.303 e. The van der Waals surface area contributed by atoms with Crippen LogP contribution in [0.15, 0.2) is 59.6 Å². The summed E-state index contributed by atoms with van der Waals surface area (Å²) in [6, 6.07) is 13.3. The van der Waals surface area contributed by atoms with Crippen LogP contribution in [0.3, 0.4) is 0 Å². The number of aryl methyl sites for hydroxylation is 1. The van der Waals surface area contributed by atoms with Gasteiger partial charge in [0.05, 0.1) is 4.90 Å². The second-order valence-electron chi connectivity index (χ2n) is 5.89. The summed E-state index contributed by atoms with van der Waals surface area (Å²) in [4.78, 5) is 3.76. The van der Waals surface area contributed by atoms with Gasteiger partial charge in [0.15, 0.2) is 15.5 Å². The van der Waals surface area contributed by atoms with Gasteiger partial charge in [-0.3, -0.25) is 0 Å². The van der Waals surface area contributed by atoms with Crippen molar-refractivity contribution >= 4 is 9.84 Å². The highest BCUT2D eigenvalue weighted by Crippen LogP contribution is 2.30. The van der Waals surface area contributed by atoms with E-state index in [0.717, 1.165) is 18.0 Å². The summed E-state index contributed by atoms with van der Waals surface area (Å²) in [6.45, 7) is 1.50. The van der Waals surface area contributed by atoms with Gasteiger partial charge in [0.2, 0.25) is 0 Å². The molecule has 2 aromatic carbocycles. The number of alkyl halides is 3. The van der Waals surface area contributed by atoms with Gasteiger partial charge >= 0.3 is 6.18 Å². The molecule has 0 spiro atoms. The molecule has 0 radical (unpaired) electrons. The Labute approximate surface area is 148 Å². The molecule has 0 N–H and O–H groups in total. The third kappa shape index (κ3) is 3.65. The van der Waals surface area contributed by atoms with Gasteiger partial charge in [-0.25, -0.2) is 13.4 Å². The van der Waals surface area contributed by atoms with Gasteiger partial charge in [-0.1, -0.05) is 24.3 Å². The molecule has 3 aromatic rings. The van der Waals surface area contributed by atoms with Crippen molar-refractivity contribution in [3.63, 3.8) is 0 Å². The van der Waals surface area contributed by atoms with E-state index in [4.69, 9.17) is 0 Å². The van der Waals surface area contributed by atoms with E-state index in [1.165, 1.54) is 17.6 Å². The first-order valence-electron chi connectivity index (χ1n) is 7.60. The lowest BCUT2D eigenvalue weighted by Gasteiger charge is -2.08. The first kappa shape index (κ1) is 18.2. The van der Waals surface area contributed by atoms with Crippen molar-refractivity contribution in [3.8, 4) is 16.8 Å². The molecule has 136 valence electrons. The van der Waals surface area contributed by atoms with E-state index in [9.17, 15) is 21.6 Å². The van der Waals surface area contributed by atoms with Gasteiger partial charge in [0.25, 0.3) is 0 Å². The number of imidazole rings is 1. The highest BCUT2D eigenvalue weighted by molar-refractivity contribution is 7.90. The van der Waals surface area contributed by atoms with Crippen LogP contribution in [0.1, 0.15) is 11.5 Å². The topological polar surface area (TPSA) is 52.0 Å². The molecule has 0 saturated heterocycles. The molecule has 0 amide bonds. The minimum atomic E-state index is -4.50. The fraction of sp³-hybridized carbons (Fsp3) is 0.167. The van der Waals surface area contributed by atoms with E-state index in [0.29, 0.717) is 11.3 Å². The van der Waals surface area contributed by atoms with Crippen molar-refractivity contribution in [3.05, 3.63) is 66.2 Å². The lowest BCUT2D eigenvalue weighted by Crippen LogP contribution is -2.04. The molecule has 0 aliphatic rings. The fourth-order valence-electron chi connectivity index (χ4n) is 2.59. The van der Waals surface area contributed by atoms with Crippen LogP contribution in [-0.4, -0.2) is 24.2 Å². The Morgan fingerprint density at radius 1 is 1.00 bits per heavy atom. The Hall–Kier alpha value is -2.61. The number of hydrogen-bond donors (Lipinski definition) is 0. The molecular formula is C18H15F3N2O2S. The van der Waals surface area contributed by atoms with E-state index in [1.54, 1.807) is 42.5 Å². The van der Waals surface area contributed by atoms with Gasteiger partial charge in [-0.2, -0.15) is 13.2 Å². The zero-order valence-corrected chi connectivity index (χ0v) is 14.8. The molecule has 1 heterocycles. The van der Waals surface area contributed by atoms with Crippen LogP contribution in [0, 0.1) is 6.92 Å². The Balaban J connectivity index is 1.96. The van der Waals surface area contributed by atoms with Crippen LogP contribution in [-0.2, 0) is 16.0 Å². The quantitative estimate of drug-likeness (QED) is 0.682. The number of hydrogen-bond acceptors (Lipinski definition) is 3. The molecule has 0 unspecified atom stereocenters. The van der Waals surface area contributed by atoms with Crippen LogP contribution in [0.25, 0.3) is 16.8 Å². The predicted molar refractivity (Wildman–Crippen MR) is 91.8 cm³/mol. The molecule has 0 aliphatic carbocycles. The summed E-state index contributed by atoms with van der Waals surface area (Å²) in [5, 5.41) is 0. The number of halogens is 3. The maximum Gasteiger partial charge on any atom is 0.434 e. The number of sulfone groups is 1. The van der Waals surface area contributed by atoms with Crippen molar-refractivity contribution in [2.24, 2.45) is 0 Å². The Bertz CT molecular complexity index is 1050. The summed E-state index contributed by atoms with van der Waals surface area (Å²) < 4.78 is 63.1. The monoisotopic (exact) mass is 380 g/mol. The highest BCUT2D eigenvalue weighted by atomic mass is 32.2. The summed E-state index contributed by atoms with van der Waals surface area (Å²) in [5.74, 6) is 0.226. The molecular weight excluding hydrogens is 365 g/mol. The van der Waals surface area contributed by atoms with E-state index >= 15 is 0 Å². The molecule has 0 bridgehead atoms. The minimum Gasteiger partial charge on any atom is -0.303 e. The Kier molecular flexibility index (Phi) is 4.39. The highest BCUT2D eigenvalue weighted by Gasteiger charge is 2.34. The molecule has 0 saturated carbocycles. The summed E-state index contributed by atoms with van der Waals surface area (Å²) in [5.41, 5.74) is 1.05. The molecule has 1 aromatic heterocycles. The normalized spacial score (nSPS) is 12.3. The Morgan fingerprint density at radius 3 is 2.19 bits per heavy atom. The molecule has 4 nitrogen and oxygen atoms in total. The van der Waals surface area contributed by atoms with E-state index in [-0.39, 0.29) is 10.7 Å². The number of nitrogens with zero attached hydrogens (tertiary/aromatic N) is 2. The van der Waals surface area contributed by atoms with Crippen molar-refractivity contribution < 1.29 is 21.6 Å². The standard InChI is InChI=1S/C18H15F3N2O2S/c1-12-22-17(18(19,20)21)11-23(12)15-8-6-13(7-9-15)14-4-3-5-16(10-14)26(2,24)25/h3-11H,1-2H3. The summed E-state index contributed by atoms with van der Waals surface area (Å²) in [7, 11) is -3.32. The van der Waals surface area contributed by atoms with E-state index in [1.807, 2.05) is 0 Å². The lowest BCUT2D eigenvalue weighted by molar-refractivity contribution is -0.141. The van der Waals surface area contributed by atoms with Crippen molar-refractivity contribution in [2.75, 3.05) is 6.26 Å². The number of benzene rings is 2. The van der Waals surface area contributed by atoms with Crippen LogP contribution in [0.4, 0.5) is 13.2 Å². The molecule has 0 fully saturated rings. The number of rotatable bonds is 3. The second-order valence-corrected chi connectivity index (χ2v) is 7.90. The average molecular weight is 380 g/mol.